The van der Waals surface area contributed by atoms with E-state index in [-0.39, 0.29) is 5.56 Å². The van der Waals surface area contributed by atoms with Crippen LogP contribution in [0.3, 0.4) is 0 Å². The molecule has 0 N–H and O–H groups in total. The molecule has 4 nitrogen and oxygen atoms in total. The molecule has 0 aliphatic rings. The van der Waals surface area contributed by atoms with Crippen molar-refractivity contribution in [1.29, 1.82) is 0 Å². The highest BCUT2D eigenvalue weighted by atomic mass is 19.1. The van der Waals surface area contributed by atoms with E-state index >= 15 is 0 Å². The molecule has 0 amide bonds. The third-order valence-electron chi connectivity index (χ3n) is 4.22. The van der Waals surface area contributed by atoms with Crippen LogP contribution in [0, 0.1) is 0 Å². The monoisotopic (exact) mass is 372 g/mol. The van der Waals surface area contributed by atoms with Gasteiger partial charge in [-0.2, -0.15) is 9.78 Å². The van der Waals surface area contributed by atoms with Crippen molar-refractivity contribution in [3.8, 4) is 28.4 Å². The summed E-state index contributed by atoms with van der Waals surface area (Å²) in [6, 6.07) is 26.7. The van der Waals surface area contributed by atoms with E-state index in [0.29, 0.717) is 34.0 Å². The lowest BCUT2D eigenvalue weighted by atomic mass is 10.1. The number of para-hydroxylation sites is 2. The Morgan fingerprint density at radius 3 is 2.29 bits per heavy atom. The van der Waals surface area contributed by atoms with Gasteiger partial charge in [0.05, 0.1) is 11.8 Å². The second-order valence-corrected chi connectivity index (χ2v) is 6.19. The van der Waals surface area contributed by atoms with Crippen LogP contribution in [0.5, 0.6) is 11.5 Å². The largest absolute Gasteiger partial charge is 0.455 e. The van der Waals surface area contributed by atoms with Crippen molar-refractivity contribution >= 4 is 0 Å². The summed E-state index contributed by atoms with van der Waals surface area (Å²) in [7, 11) is 0. The molecule has 0 unspecified atom stereocenters. The Bertz CT molecular complexity index is 1140. The van der Waals surface area contributed by atoms with Crippen LogP contribution in [-0.4, -0.2) is 9.78 Å². The standard InChI is InChI=1S/C23H17FN2O2/c24-16-17-8-7-9-18(14-17)23-21(28-20-12-5-2-6-13-20)15-22(27)26(25-23)19-10-3-1-4-11-19/h1-15H,16H2. The van der Waals surface area contributed by atoms with E-state index < -0.39 is 6.67 Å². The molecular weight excluding hydrogens is 355 g/mol. The van der Waals surface area contributed by atoms with Crippen LogP contribution in [0.15, 0.2) is 95.8 Å². The van der Waals surface area contributed by atoms with Crippen LogP contribution in [-0.2, 0) is 6.67 Å². The number of hydrogen-bond donors (Lipinski definition) is 0. The van der Waals surface area contributed by atoms with Crippen molar-refractivity contribution in [2.75, 3.05) is 0 Å². The Morgan fingerprint density at radius 2 is 1.57 bits per heavy atom. The van der Waals surface area contributed by atoms with E-state index in [0.717, 1.165) is 0 Å². The molecule has 0 saturated heterocycles. The smallest absolute Gasteiger partial charge is 0.275 e. The third kappa shape index (κ3) is 3.69. The number of nitrogens with zero attached hydrogens (tertiary/aromatic N) is 2. The molecule has 3 aromatic carbocycles. The van der Waals surface area contributed by atoms with E-state index in [2.05, 4.69) is 5.10 Å². The van der Waals surface area contributed by atoms with Gasteiger partial charge >= 0.3 is 0 Å². The maximum atomic E-state index is 13.2. The average molecular weight is 372 g/mol. The van der Waals surface area contributed by atoms with Gasteiger partial charge < -0.3 is 4.74 Å². The van der Waals surface area contributed by atoms with Gasteiger partial charge in [0.1, 0.15) is 18.1 Å². The minimum absolute atomic E-state index is 0.317. The SMILES string of the molecule is O=c1cc(Oc2ccccc2)c(-c2cccc(CF)c2)nn1-c1ccccc1. The third-order valence-corrected chi connectivity index (χ3v) is 4.22. The van der Waals surface area contributed by atoms with E-state index in [1.807, 2.05) is 42.5 Å². The van der Waals surface area contributed by atoms with Crippen molar-refractivity contribution in [1.82, 2.24) is 9.78 Å². The molecule has 1 aromatic heterocycles. The van der Waals surface area contributed by atoms with E-state index in [1.165, 1.54) is 10.7 Å². The summed E-state index contributed by atoms with van der Waals surface area (Å²) in [6.07, 6.45) is 0. The number of benzene rings is 3. The molecule has 0 atom stereocenters. The molecule has 0 fully saturated rings. The van der Waals surface area contributed by atoms with Gasteiger partial charge in [0.15, 0.2) is 5.75 Å². The number of hydrogen-bond acceptors (Lipinski definition) is 3. The Labute approximate surface area is 161 Å². The highest BCUT2D eigenvalue weighted by Gasteiger charge is 2.15. The molecule has 0 radical (unpaired) electrons. The number of ether oxygens (including phenoxy) is 1. The molecule has 28 heavy (non-hydrogen) atoms. The van der Waals surface area contributed by atoms with Crippen molar-refractivity contribution < 1.29 is 9.13 Å². The number of rotatable bonds is 5. The number of halogens is 1. The quantitative estimate of drug-likeness (QED) is 0.486. The van der Waals surface area contributed by atoms with Crippen molar-refractivity contribution in [3.63, 3.8) is 0 Å². The van der Waals surface area contributed by atoms with Crippen LogP contribution in [0.1, 0.15) is 5.56 Å². The van der Waals surface area contributed by atoms with Gasteiger partial charge in [-0.05, 0) is 35.9 Å². The molecule has 1 heterocycles. The van der Waals surface area contributed by atoms with Crippen LogP contribution < -0.4 is 10.3 Å². The Balaban J connectivity index is 1.89. The number of alkyl halides is 1. The summed E-state index contributed by atoms with van der Waals surface area (Å²) in [6.45, 7) is -0.582. The van der Waals surface area contributed by atoms with Gasteiger partial charge in [-0.1, -0.05) is 54.6 Å². The highest BCUT2D eigenvalue weighted by molar-refractivity contribution is 5.67. The van der Waals surface area contributed by atoms with Crippen LogP contribution >= 0.6 is 0 Å². The minimum atomic E-state index is -0.582. The molecule has 138 valence electrons. The Morgan fingerprint density at radius 1 is 0.857 bits per heavy atom. The summed E-state index contributed by atoms with van der Waals surface area (Å²) in [5.41, 5.74) is 1.99. The van der Waals surface area contributed by atoms with Crippen molar-refractivity contribution in [3.05, 3.63) is 107 Å². The fourth-order valence-corrected chi connectivity index (χ4v) is 2.89. The van der Waals surface area contributed by atoms with Gasteiger partial charge in [0.25, 0.3) is 5.56 Å². The maximum Gasteiger partial charge on any atom is 0.275 e. The minimum Gasteiger partial charge on any atom is -0.455 e. The fourth-order valence-electron chi connectivity index (χ4n) is 2.89. The van der Waals surface area contributed by atoms with Crippen LogP contribution in [0.4, 0.5) is 4.39 Å². The average Bonchev–Trinajstić information content (AvgIpc) is 2.75. The molecule has 0 aliphatic carbocycles. The van der Waals surface area contributed by atoms with Crippen molar-refractivity contribution in [2.45, 2.75) is 6.67 Å². The first-order chi connectivity index (χ1) is 13.7. The zero-order valence-corrected chi connectivity index (χ0v) is 15.0. The van der Waals surface area contributed by atoms with Gasteiger partial charge in [-0.15, -0.1) is 0 Å². The predicted octanol–water partition coefficient (Wildman–Crippen LogP) is 5.16. The van der Waals surface area contributed by atoms with Crippen molar-refractivity contribution in [2.24, 2.45) is 0 Å². The van der Waals surface area contributed by atoms with Crippen LogP contribution in [0.25, 0.3) is 16.9 Å². The zero-order chi connectivity index (χ0) is 19.3. The lowest BCUT2D eigenvalue weighted by Gasteiger charge is -2.13. The summed E-state index contributed by atoms with van der Waals surface area (Å²) >= 11 is 0. The predicted molar refractivity (Wildman–Crippen MR) is 107 cm³/mol. The van der Waals surface area contributed by atoms with Gasteiger partial charge in [-0.3, -0.25) is 4.79 Å². The lowest BCUT2D eigenvalue weighted by Crippen LogP contribution is -2.21. The van der Waals surface area contributed by atoms with E-state index in [1.54, 1.807) is 42.5 Å². The molecule has 5 heteroatoms. The first kappa shape index (κ1) is 17.7. The van der Waals surface area contributed by atoms with E-state index in [4.69, 9.17) is 4.74 Å². The molecule has 0 saturated carbocycles. The zero-order valence-electron chi connectivity index (χ0n) is 15.0. The number of aromatic nitrogens is 2. The van der Waals surface area contributed by atoms with Gasteiger partial charge in [0, 0.05) is 5.56 Å². The summed E-state index contributed by atoms with van der Waals surface area (Å²) in [5, 5.41) is 4.54. The normalized spacial score (nSPS) is 10.6. The Kier molecular flexibility index (Phi) is 4.97. The maximum absolute atomic E-state index is 13.2. The van der Waals surface area contributed by atoms with Gasteiger partial charge in [0.2, 0.25) is 0 Å². The molecular formula is C23H17FN2O2. The van der Waals surface area contributed by atoms with Crippen LogP contribution in [0.2, 0.25) is 0 Å². The summed E-state index contributed by atoms with van der Waals surface area (Å²) < 4.78 is 20.4. The first-order valence-corrected chi connectivity index (χ1v) is 8.82. The molecule has 0 spiro atoms. The Hall–Kier alpha value is -3.73. The first-order valence-electron chi connectivity index (χ1n) is 8.82. The topological polar surface area (TPSA) is 44.1 Å². The van der Waals surface area contributed by atoms with E-state index in [9.17, 15) is 9.18 Å². The van der Waals surface area contributed by atoms with Gasteiger partial charge in [-0.25, -0.2) is 4.39 Å². The summed E-state index contributed by atoms with van der Waals surface area (Å²) in [4.78, 5) is 12.7. The molecule has 0 bridgehead atoms. The molecule has 4 rings (SSSR count). The lowest BCUT2D eigenvalue weighted by molar-refractivity contribution is 0.477. The second kappa shape index (κ2) is 7.88. The molecule has 4 aromatic rings. The molecule has 0 aliphatic heterocycles. The highest BCUT2D eigenvalue weighted by Crippen LogP contribution is 2.31. The second-order valence-electron chi connectivity index (χ2n) is 6.19. The fraction of sp³-hybridized carbons (Fsp3) is 0.0435. The summed E-state index contributed by atoms with van der Waals surface area (Å²) in [5.74, 6) is 0.906.